The lowest BCUT2D eigenvalue weighted by Gasteiger charge is -2.05. The van der Waals surface area contributed by atoms with Crippen molar-refractivity contribution in [2.45, 2.75) is 20.8 Å². The average molecular weight is 250 g/mol. The lowest BCUT2D eigenvalue weighted by atomic mass is 10.1. The molecule has 0 bridgehead atoms. The van der Waals surface area contributed by atoms with Gasteiger partial charge >= 0.3 is 0 Å². The third-order valence-electron chi connectivity index (χ3n) is 2.07. The maximum atomic E-state index is 11.7. The van der Waals surface area contributed by atoms with Gasteiger partial charge in [-0.2, -0.15) is 4.99 Å². The Bertz CT molecular complexity index is 412. The van der Waals surface area contributed by atoms with Gasteiger partial charge in [-0.05, 0) is 30.7 Å². The number of carbonyl (C=O) groups is 1. The maximum Gasteiger partial charge on any atom is 0.278 e. The van der Waals surface area contributed by atoms with Crippen LogP contribution in [-0.4, -0.2) is 38.4 Å². The zero-order valence-electron chi connectivity index (χ0n) is 12.0. The van der Waals surface area contributed by atoms with E-state index in [1.165, 1.54) is 6.34 Å². The van der Waals surface area contributed by atoms with Gasteiger partial charge in [-0.3, -0.25) is 4.79 Å². The quantitative estimate of drug-likeness (QED) is 0.612. The number of amides is 1. The lowest BCUT2D eigenvalue weighted by molar-refractivity contribution is 0.100. The second-order valence-electron chi connectivity index (χ2n) is 3.69. The highest BCUT2D eigenvalue weighted by Gasteiger charge is 2.07. The van der Waals surface area contributed by atoms with Crippen molar-refractivity contribution < 1.29 is 9.53 Å². The first kappa shape index (κ1) is 16.2. The summed E-state index contributed by atoms with van der Waals surface area (Å²) in [4.78, 5) is 17.3. The molecule has 0 atom stereocenters. The minimum absolute atomic E-state index is 0.242. The van der Waals surface area contributed by atoms with Gasteiger partial charge in [0.2, 0.25) is 0 Å². The van der Waals surface area contributed by atoms with Gasteiger partial charge in [-0.1, -0.05) is 13.8 Å². The molecule has 1 amide bonds. The lowest BCUT2D eigenvalue weighted by Crippen LogP contribution is -2.10. The van der Waals surface area contributed by atoms with Gasteiger partial charge in [0.05, 0.1) is 13.4 Å². The number of rotatable bonds is 3. The highest BCUT2D eigenvalue weighted by molar-refractivity contribution is 5.99. The summed E-state index contributed by atoms with van der Waals surface area (Å²) in [5, 5.41) is 0. The smallest absolute Gasteiger partial charge is 0.278 e. The summed E-state index contributed by atoms with van der Waals surface area (Å²) in [7, 11) is 5.23. The van der Waals surface area contributed by atoms with Gasteiger partial charge in [-0.15, -0.1) is 0 Å². The molecule has 4 nitrogen and oxygen atoms in total. The first-order chi connectivity index (χ1) is 8.54. The predicted molar refractivity (Wildman–Crippen MR) is 75.6 cm³/mol. The summed E-state index contributed by atoms with van der Waals surface area (Å²) in [6.45, 7) is 5.86. The summed E-state index contributed by atoms with van der Waals surface area (Å²) in [6.07, 6.45) is 1.49. The van der Waals surface area contributed by atoms with Crippen LogP contribution in [0.5, 0.6) is 5.75 Å². The van der Waals surface area contributed by atoms with Crippen LogP contribution < -0.4 is 4.74 Å². The van der Waals surface area contributed by atoms with Crippen LogP contribution >= 0.6 is 0 Å². The number of nitrogens with zero attached hydrogens (tertiary/aromatic N) is 2. The molecule has 100 valence electrons. The number of methoxy groups -OCH3 is 1. The third-order valence-corrected chi connectivity index (χ3v) is 2.07. The van der Waals surface area contributed by atoms with E-state index >= 15 is 0 Å². The van der Waals surface area contributed by atoms with E-state index in [4.69, 9.17) is 4.74 Å². The highest BCUT2D eigenvalue weighted by atomic mass is 16.5. The maximum absolute atomic E-state index is 11.7. The molecule has 4 heteroatoms. The Hall–Kier alpha value is -1.84. The van der Waals surface area contributed by atoms with Crippen molar-refractivity contribution in [3.8, 4) is 5.75 Å². The van der Waals surface area contributed by atoms with Crippen LogP contribution in [0.3, 0.4) is 0 Å². The van der Waals surface area contributed by atoms with E-state index in [9.17, 15) is 4.79 Å². The van der Waals surface area contributed by atoms with Crippen LogP contribution in [-0.2, 0) is 0 Å². The van der Waals surface area contributed by atoms with Crippen molar-refractivity contribution in [1.82, 2.24) is 4.90 Å². The topological polar surface area (TPSA) is 41.9 Å². The monoisotopic (exact) mass is 250 g/mol. The fraction of sp³-hybridized carbons (Fsp3) is 0.429. The number of carbonyl (C=O) groups excluding carboxylic acids is 1. The number of aliphatic imine (C=N–C) groups is 1. The minimum atomic E-state index is -0.242. The summed E-state index contributed by atoms with van der Waals surface area (Å²) >= 11 is 0. The van der Waals surface area contributed by atoms with Crippen LogP contribution in [0.4, 0.5) is 0 Å². The fourth-order valence-corrected chi connectivity index (χ4v) is 1.24. The predicted octanol–water partition coefficient (Wildman–Crippen LogP) is 2.76. The molecule has 0 aliphatic carbocycles. The molecular weight excluding hydrogens is 228 g/mol. The van der Waals surface area contributed by atoms with E-state index in [1.54, 1.807) is 24.1 Å². The normalized spacial score (nSPS) is 9.67. The van der Waals surface area contributed by atoms with Crippen molar-refractivity contribution in [3.05, 3.63) is 29.3 Å². The van der Waals surface area contributed by atoms with Crippen molar-refractivity contribution in [2.24, 2.45) is 4.99 Å². The molecule has 1 aromatic carbocycles. The third kappa shape index (κ3) is 4.99. The van der Waals surface area contributed by atoms with E-state index in [2.05, 4.69) is 4.99 Å². The number of benzene rings is 1. The first-order valence-electron chi connectivity index (χ1n) is 5.94. The molecule has 1 aromatic rings. The van der Waals surface area contributed by atoms with E-state index < -0.39 is 0 Å². The molecule has 0 aliphatic rings. The number of ether oxygens (including phenoxy) is 1. The Labute approximate surface area is 109 Å². The van der Waals surface area contributed by atoms with Crippen LogP contribution in [0.2, 0.25) is 0 Å². The van der Waals surface area contributed by atoms with Gasteiger partial charge in [0.15, 0.2) is 0 Å². The zero-order chi connectivity index (χ0) is 14.1. The van der Waals surface area contributed by atoms with Gasteiger partial charge in [-0.25, -0.2) is 0 Å². The van der Waals surface area contributed by atoms with E-state index in [0.29, 0.717) is 5.56 Å². The highest BCUT2D eigenvalue weighted by Crippen LogP contribution is 2.17. The van der Waals surface area contributed by atoms with E-state index in [1.807, 2.05) is 40.9 Å². The van der Waals surface area contributed by atoms with E-state index in [0.717, 1.165) is 11.3 Å². The van der Waals surface area contributed by atoms with Crippen molar-refractivity contribution in [3.63, 3.8) is 0 Å². The van der Waals surface area contributed by atoms with Crippen molar-refractivity contribution >= 4 is 12.2 Å². The summed E-state index contributed by atoms with van der Waals surface area (Å²) in [5.74, 6) is 0.500. The van der Waals surface area contributed by atoms with Gasteiger partial charge in [0, 0.05) is 19.7 Å². The van der Waals surface area contributed by atoms with Crippen LogP contribution in [0.1, 0.15) is 29.8 Å². The van der Waals surface area contributed by atoms with Crippen LogP contribution in [0.15, 0.2) is 23.2 Å². The van der Waals surface area contributed by atoms with Gasteiger partial charge in [0.1, 0.15) is 5.75 Å². The minimum Gasteiger partial charge on any atom is -0.497 e. The van der Waals surface area contributed by atoms with Gasteiger partial charge in [0.25, 0.3) is 5.91 Å². The first-order valence-corrected chi connectivity index (χ1v) is 5.94. The average Bonchev–Trinajstić information content (AvgIpc) is 2.38. The van der Waals surface area contributed by atoms with Gasteiger partial charge < -0.3 is 9.64 Å². The molecule has 1 rings (SSSR count). The molecule has 0 aliphatic heterocycles. The summed E-state index contributed by atoms with van der Waals surface area (Å²) in [6, 6.07) is 5.30. The Morgan fingerprint density at radius 2 is 1.94 bits per heavy atom. The fourth-order valence-electron chi connectivity index (χ4n) is 1.24. The standard InChI is InChI=1S/C12H16N2O2.C2H6/c1-9-7-10(16-4)5-6-11(9)12(15)13-8-14(2)3;1-2/h5-8H,1-4H3;1-2H3. The molecule has 0 fully saturated rings. The molecule has 0 aromatic heterocycles. The van der Waals surface area contributed by atoms with Crippen LogP contribution in [0, 0.1) is 6.92 Å². The molecule has 0 unspecified atom stereocenters. The molecule has 0 heterocycles. The largest absolute Gasteiger partial charge is 0.497 e. The van der Waals surface area contributed by atoms with E-state index in [-0.39, 0.29) is 5.91 Å². The Kier molecular flexibility index (Phi) is 7.43. The van der Waals surface area contributed by atoms with Crippen molar-refractivity contribution in [2.75, 3.05) is 21.2 Å². The molecule has 18 heavy (non-hydrogen) atoms. The summed E-state index contributed by atoms with van der Waals surface area (Å²) in [5.41, 5.74) is 1.46. The van der Waals surface area contributed by atoms with Crippen molar-refractivity contribution in [1.29, 1.82) is 0 Å². The van der Waals surface area contributed by atoms with Crippen LogP contribution in [0.25, 0.3) is 0 Å². The Balaban J connectivity index is 0.00000137. The Morgan fingerprint density at radius 1 is 1.33 bits per heavy atom. The molecule has 0 spiro atoms. The molecule has 0 radical (unpaired) electrons. The SMILES string of the molecule is CC.COc1ccc(C(=O)N=CN(C)C)c(C)c1. The zero-order valence-corrected chi connectivity index (χ0v) is 12.0. The Morgan fingerprint density at radius 3 is 2.39 bits per heavy atom. The number of hydrogen-bond donors (Lipinski definition) is 0. The molecule has 0 N–H and O–H groups in total. The molecular formula is C14H22N2O2. The molecule has 0 saturated carbocycles. The molecule has 0 saturated heterocycles. The number of hydrogen-bond acceptors (Lipinski definition) is 2. The second-order valence-corrected chi connectivity index (χ2v) is 3.69. The summed E-state index contributed by atoms with van der Waals surface area (Å²) < 4.78 is 5.07. The second kappa shape index (κ2) is 8.28. The number of aryl methyl sites for hydroxylation is 1.